The van der Waals surface area contributed by atoms with Crippen LogP contribution in [0.1, 0.15) is 44.7 Å². The Morgan fingerprint density at radius 2 is 2.22 bits per heavy atom. The van der Waals surface area contributed by atoms with Gasteiger partial charge >= 0.3 is 0 Å². The molecule has 0 saturated heterocycles. The topological polar surface area (TPSA) is 67.2 Å². The molecule has 1 fully saturated rings. The molecule has 1 aromatic rings. The standard InChI is InChI=1S/C13H21N3O2/c1-3-10-8-11(16(2)15-10)14-12(17)9-13(18)6-4-5-7-13/h8,18H,3-7,9H2,1-2H3,(H,14,17). The minimum absolute atomic E-state index is 0.134. The summed E-state index contributed by atoms with van der Waals surface area (Å²) >= 11 is 0. The van der Waals surface area contributed by atoms with Crippen LogP contribution in [0.25, 0.3) is 0 Å². The van der Waals surface area contributed by atoms with Crippen molar-refractivity contribution in [3.05, 3.63) is 11.8 Å². The maximum absolute atomic E-state index is 11.9. The quantitative estimate of drug-likeness (QED) is 0.854. The smallest absolute Gasteiger partial charge is 0.228 e. The number of aryl methyl sites for hydroxylation is 2. The Bertz CT molecular complexity index is 433. The maximum Gasteiger partial charge on any atom is 0.228 e. The van der Waals surface area contributed by atoms with E-state index >= 15 is 0 Å². The number of hydrogen-bond donors (Lipinski definition) is 2. The van der Waals surface area contributed by atoms with Gasteiger partial charge in [0.05, 0.1) is 17.7 Å². The Morgan fingerprint density at radius 3 is 2.78 bits per heavy atom. The van der Waals surface area contributed by atoms with E-state index in [0.717, 1.165) is 37.8 Å². The van der Waals surface area contributed by atoms with E-state index in [1.165, 1.54) is 0 Å². The molecule has 0 atom stereocenters. The number of carbonyl (C=O) groups is 1. The van der Waals surface area contributed by atoms with Gasteiger partial charge in [-0.1, -0.05) is 19.8 Å². The lowest BCUT2D eigenvalue weighted by atomic mass is 9.98. The third-order valence-corrected chi connectivity index (χ3v) is 3.58. The van der Waals surface area contributed by atoms with E-state index in [1.54, 1.807) is 11.7 Å². The molecular weight excluding hydrogens is 230 g/mol. The van der Waals surface area contributed by atoms with Gasteiger partial charge < -0.3 is 10.4 Å². The fourth-order valence-electron chi connectivity index (χ4n) is 2.51. The molecule has 0 aromatic carbocycles. The molecule has 1 aliphatic rings. The highest BCUT2D eigenvalue weighted by Crippen LogP contribution is 2.32. The lowest BCUT2D eigenvalue weighted by molar-refractivity contribution is -0.120. The number of aromatic nitrogens is 2. The lowest BCUT2D eigenvalue weighted by Gasteiger charge is -2.20. The van der Waals surface area contributed by atoms with Crippen LogP contribution < -0.4 is 5.32 Å². The van der Waals surface area contributed by atoms with Crippen molar-refractivity contribution in [2.45, 2.75) is 51.0 Å². The number of aliphatic hydroxyl groups is 1. The van der Waals surface area contributed by atoms with Crippen LogP contribution in [0, 0.1) is 0 Å². The van der Waals surface area contributed by atoms with Gasteiger partial charge in [-0.15, -0.1) is 0 Å². The van der Waals surface area contributed by atoms with Crippen LogP contribution >= 0.6 is 0 Å². The van der Waals surface area contributed by atoms with Gasteiger partial charge in [-0.3, -0.25) is 9.48 Å². The first kappa shape index (κ1) is 13.1. The number of amides is 1. The second-order valence-electron chi connectivity index (χ2n) is 5.15. The molecule has 1 amide bonds. The highest BCUT2D eigenvalue weighted by Gasteiger charge is 2.33. The molecule has 5 heteroatoms. The summed E-state index contributed by atoms with van der Waals surface area (Å²) in [7, 11) is 1.80. The average Bonchev–Trinajstić information content (AvgIpc) is 2.86. The molecule has 100 valence electrons. The van der Waals surface area contributed by atoms with Crippen molar-refractivity contribution < 1.29 is 9.90 Å². The van der Waals surface area contributed by atoms with Gasteiger partial charge in [0, 0.05) is 13.1 Å². The van der Waals surface area contributed by atoms with Crippen molar-refractivity contribution >= 4 is 11.7 Å². The third-order valence-electron chi connectivity index (χ3n) is 3.58. The minimum atomic E-state index is -0.795. The molecule has 1 saturated carbocycles. The lowest BCUT2D eigenvalue weighted by Crippen LogP contribution is -2.31. The van der Waals surface area contributed by atoms with Crippen molar-refractivity contribution in [2.75, 3.05) is 5.32 Å². The zero-order valence-electron chi connectivity index (χ0n) is 11.1. The average molecular weight is 251 g/mol. The highest BCUT2D eigenvalue weighted by molar-refractivity contribution is 5.90. The maximum atomic E-state index is 11.9. The van der Waals surface area contributed by atoms with Crippen molar-refractivity contribution in [3.63, 3.8) is 0 Å². The first-order valence-electron chi connectivity index (χ1n) is 6.57. The molecule has 1 aromatic heterocycles. The van der Waals surface area contributed by atoms with Crippen LogP contribution in [0.5, 0.6) is 0 Å². The summed E-state index contributed by atoms with van der Waals surface area (Å²) in [5.41, 5.74) is 0.156. The van der Waals surface area contributed by atoms with Crippen LogP contribution in [-0.4, -0.2) is 26.4 Å². The van der Waals surface area contributed by atoms with Gasteiger partial charge in [-0.05, 0) is 19.3 Å². The van der Waals surface area contributed by atoms with Crippen LogP contribution in [0.15, 0.2) is 6.07 Å². The Hall–Kier alpha value is -1.36. The molecule has 0 spiro atoms. The van der Waals surface area contributed by atoms with E-state index in [0.29, 0.717) is 5.82 Å². The fraction of sp³-hybridized carbons (Fsp3) is 0.692. The molecule has 18 heavy (non-hydrogen) atoms. The zero-order valence-corrected chi connectivity index (χ0v) is 11.1. The first-order valence-corrected chi connectivity index (χ1v) is 6.57. The Morgan fingerprint density at radius 1 is 1.56 bits per heavy atom. The molecular formula is C13H21N3O2. The molecule has 0 unspecified atom stereocenters. The monoisotopic (exact) mass is 251 g/mol. The SMILES string of the molecule is CCc1cc(NC(=O)CC2(O)CCCC2)n(C)n1. The van der Waals surface area contributed by atoms with Crippen molar-refractivity contribution in [2.24, 2.45) is 7.05 Å². The van der Waals surface area contributed by atoms with E-state index in [4.69, 9.17) is 0 Å². The van der Waals surface area contributed by atoms with E-state index in [-0.39, 0.29) is 12.3 Å². The second-order valence-corrected chi connectivity index (χ2v) is 5.15. The third kappa shape index (κ3) is 2.90. The zero-order chi connectivity index (χ0) is 13.2. The molecule has 2 rings (SSSR count). The summed E-state index contributed by atoms with van der Waals surface area (Å²) in [5, 5.41) is 17.3. The van der Waals surface area contributed by atoms with Gasteiger partial charge in [0.2, 0.25) is 5.91 Å². The number of carbonyl (C=O) groups excluding carboxylic acids is 1. The summed E-state index contributed by atoms with van der Waals surface area (Å²) < 4.78 is 1.66. The summed E-state index contributed by atoms with van der Waals surface area (Å²) in [6.45, 7) is 2.02. The summed E-state index contributed by atoms with van der Waals surface area (Å²) in [4.78, 5) is 11.9. The van der Waals surface area contributed by atoms with Gasteiger partial charge in [0.1, 0.15) is 5.82 Å². The molecule has 0 radical (unpaired) electrons. The van der Waals surface area contributed by atoms with Crippen molar-refractivity contribution in [3.8, 4) is 0 Å². The van der Waals surface area contributed by atoms with E-state index in [2.05, 4.69) is 10.4 Å². The Labute approximate surface area is 107 Å². The molecule has 0 bridgehead atoms. The van der Waals surface area contributed by atoms with Gasteiger partial charge in [-0.25, -0.2) is 0 Å². The number of hydrogen-bond acceptors (Lipinski definition) is 3. The summed E-state index contributed by atoms with van der Waals surface area (Å²) in [5.74, 6) is 0.559. The largest absolute Gasteiger partial charge is 0.389 e. The van der Waals surface area contributed by atoms with E-state index < -0.39 is 5.60 Å². The number of anilines is 1. The van der Waals surface area contributed by atoms with Crippen LogP contribution in [0.2, 0.25) is 0 Å². The predicted molar refractivity (Wildman–Crippen MR) is 69.3 cm³/mol. The number of rotatable bonds is 4. The fourth-order valence-corrected chi connectivity index (χ4v) is 2.51. The van der Waals surface area contributed by atoms with Crippen LogP contribution in [0.3, 0.4) is 0 Å². The van der Waals surface area contributed by atoms with Crippen molar-refractivity contribution in [1.29, 1.82) is 0 Å². The first-order chi connectivity index (χ1) is 8.52. The molecule has 1 heterocycles. The van der Waals surface area contributed by atoms with Gasteiger partial charge in [0.25, 0.3) is 0 Å². The van der Waals surface area contributed by atoms with Crippen LogP contribution in [0.4, 0.5) is 5.82 Å². The normalized spacial score (nSPS) is 17.9. The van der Waals surface area contributed by atoms with Crippen molar-refractivity contribution in [1.82, 2.24) is 9.78 Å². The minimum Gasteiger partial charge on any atom is -0.389 e. The molecule has 5 nitrogen and oxygen atoms in total. The summed E-state index contributed by atoms with van der Waals surface area (Å²) in [6, 6.07) is 1.87. The molecule has 2 N–H and O–H groups in total. The van der Waals surface area contributed by atoms with E-state index in [9.17, 15) is 9.90 Å². The molecule has 1 aliphatic carbocycles. The Kier molecular flexibility index (Phi) is 3.71. The second kappa shape index (κ2) is 5.10. The predicted octanol–water partition coefficient (Wildman–Crippen LogP) is 1.62. The highest BCUT2D eigenvalue weighted by atomic mass is 16.3. The molecule has 0 aliphatic heterocycles. The summed E-state index contributed by atoms with van der Waals surface area (Å²) in [6.07, 6.45) is 4.50. The van der Waals surface area contributed by atoms with E-state index in [1.807, 2.05) is 13.0 Å². The Balaban J connectivity index is 1.96. The van der Waals surface area contributed by atoms with Gasteiger partial charge in [0.15, 0.2) is 0 Å². The van der Waals surface area contributed by atoms with Crippen LogP contribution in [-0.2, 0) is 18.3 Å². The number of nitrogens with one attached hydrogen (secondary N) is 1. The number of nitrogens with zero attached hydrogens (tertiary/aromatic N) is 2. The van der Waals surface area contributed by atoms with Gasteiger partial charge in [-0.2, -0.15) is 5.10 Å².